The van der Waals surface area contributed by atoms with E-state index in [0.717, 1.165) is 22.5 Å². The van der Waals surface area contributed by atoms with Crippen LogP contribution in [-0.2, 0) is 10.0 Å². The number of hydrogen-bond donors (Lipinski definition) is 1. The topological polar surface area (TPSA) is 66.5 Å². The lowest BCUT2D eigenvalue weighted by Gasteiger charge is -2.20. The number of aryl methyl sites for hydroxylation is 2. The number of carbonyl (C=O) groups is 1. The summed E-state index contributed by atoms with van der Waals surface area (Å²) in [5, 5.41) is 4.07. The molecule has 0 spiro atoms. The molecule has 0 saturated carbocycles. The Bertz CT molecular complexity index is 810. The van der Waals surface area contributed by atoms with E-state index in [4.69, 9.17) is 0 Å². The summed E-state index contributed by atoms with van der Waals surface area (Å²) in [4.78, 5) is 12.0. The molecule has 7 heteroatoms. The number of thiophene rings is 1. The van der Waals surface area contributed by atoms with Crippen LogP contribution in [0.2, 0.25) is 0 Å². The Morgan fingerprint density at radius 3 is 2.45 bits per heavy atom. The molecule has 118 valence electrons. The van der Waals surface area contributed by atoms with Gasteiger partial charge in [-0.15, -0.1) is 11.3 Å². The van der Waals surface area contributed by atoms with Crippen LogP contribution in [0.15, 0.2) is 34.5 Å². The van der Waals surface area contributed by atoms with E-state index in [2.05, 4.69) is 5.32 Å². The Labute approximate surface area is 134 Å². The molecule has 0 unspecified atom stereocenters. The molecule has 0 saturated heterocycles. The first-order chi connectivity index (χ1) is 10.3. The van der Waals surface area contributed by atoms with Gasteiger partial charge in [0.2, 0.25) is 0 Å². The third kappa shape index (κ3) is 2.86. The summed E-state index contributed by atoms with van der Waals surface area (Å²) in [6.07, 6.45) is 0. The fourth-order valence-electron chi connectivity index (χ4n) is 1.99. The summed E-state index contributed by atoms with van der Waals surface area (Å²) >= 11 is 1.11. The van der Waals surface area contributed by atoms with Gasteiger partial charge in [-0.05, 0) is 48.6 Å². The number of benzene rings is 1. The number of carbonyl (C=O) groups excluding carboxylic acids is 1. The van der Waals surface area contributed by atoms with E-state index in [-0.39, 0.29) is 9.77 Å². The van der Waals surface area contributed by atoms with Gasteiger partial charge in [-0.2, -0.15) is 0 Å². The molecule has 0 atom stereocenters. The van der Waals surface area contributed by atoms with Crippen LogP contribution < -0.4 is 9.62 Å². The predicted molar refractivity (Wildman–Crippen MR) is 89.2 cm³/mol. The van der Waals surface area contributed by atoms with Gasteiger partial charge in [0.05, 0.1) is 5.69 Å². The van der Waals surface area contributed by atoms with E-state index >= 15 is 0 Å². The average molecular weight is 338 g/mol. The van der Waals surface area contributed by atoms with Crippen LogP contribution in [-0.4, -0.2) is 28.4 Å². The molecule has 0 aliphatic carbocycles. The van der Waals surface area contributed by atoms with Crippen LogP contribution in [0.4, 0.5) is 5.69 Å². The highest BCUT2D eigenvalue weighted by molar-refractivity contribution is 7.93. The Kier molecular flexibility index (Phi) is 4.58. The lowest BCUT2D eigenvalue weighted by molar-refractivity contribution is 0.0964. The zero-order valence-electron chi connectivity index (χ0n) is 12.9. The maximum Gasteiger partial charge on any atom is 0.265 e. The van der Waals surface area contributed by atoms with Gasteiger partial charge in [-0.25, -0.2) is 8.42 Å². The molecule has 0 bridgehead atoms. The lowest BCUT2D eigenvalue weighted by Crippen LogP contribution is -2.28. The summed E-state index contributed by atoms with van der Waals surface area (Å²) in [5.74, 6) is -0.401. The van der Waals surface area contributed by atoms with Gasteiger partial charge in [-0.3, -0.25) is 9.10 Å². The number of sulfonamides is 1. The van der Waals surface area contributed by atoms with E-state index in [1.165, 1.54) is 24.5 Å². The summed E-state index contributed by atoms with van der Waals surface area (Å²) in [6.45, 7) is 3.90. The summed E-state index contributed by atoms with van der Waals surface area (Å²) in [7, 11) is -0.813. The van der Waals surface area contributed by atoms with Crippen LogP contribution in [0.1, 0.15) is 20.8 Å². The van der Waals surface area contributed by atoms with Crippen LogP contribution in [0.25, 0.3) is 0 Å². The zero-order chi connectivity index (χ0) is 16.5. The minimum atomic E-state index is -3.78. The fraction of sp³-hybridized carbons (Fsp3) is 0.267. The van der Waals surface area contributed by atoms with E-state index in [1.807, 2.05) is 26.0 Å². The molecule has 0 aliphatic rings. The number of nitrogens with zero attached hydrogens (tertiary/aromatic N) is 1. The molecule has 0 fully saturated rings. The quantitative estimate of drug-likeness (QED) is 0.931. The third-order valence-corrected chi connectivity index (χ3v) is 6.43. The van der Waals surface area contributed by atoms with Crippen molar-refractivity contribution in [3.8, 4) is 0 Å². The number of rotatable bonds is 4. The zero-order valence-corrected chi connectivity index (χ0v) is 14.5. The average Bonchev–Trinajstić information content (AvgIpc) is 2.98. The normalized spacial score (nSPS) is 11.3. The lowest BCUT2D eigenvalue weighted by atomic mass is 10.1. The molecule has 0 aliphatic heterocycles. The highest BCUT2D eigenvalue weighted by Crippen LogP contribution is 2.28. The largest absolute Gasteiger partial charge is 0.354 e. The van der Waals surface area contributed by atoms with Crippen molar-refractivity contribution in [3.05, 3.63) is 45.6 Å². The second-order valence-electron chi connectivity index (χ2n) is 4.93. The van der Waals surface area contributed by atoms with Crippen molar-refractivity contribution in [1.82, 2.24) is 5.32 Å². The van der Waals surface area contributed by atoms with Crippen LogP contribution >= 0.6 is 11.3 Å². The first-order valence-corrected chi connectivity index (χ1v) is 8.96. The van der Waals surface area contributed by atoms with Crippen LogP contribution in [0, 0.1) is 13.8 Å². The van der Waals surface area contributed by atoms with Gasteiger partial charge in [-0.1, -0.05) is 6.07 Å². The highest BCUT2D eigenvalue weighted by atomic mass is 32.2. The molecule has 1 heterocycles. The van der Waals surface area contributed by atoms with E-state index in [1.54, 1.807) is 11.4 Å². The van der Waals surface area contributed by atoms with Crippen molar-refractivity contribution in [2.24, 2.45) is 0 Å². The molecule has 5 nitrogen and oxygen atoms in total. The summed E-state index contributed by atoms with van der Waals surface area (Å²) in [6, 6.07) is 6.91. The SMILES string of the molecule is CNC(=O)c1sccc1S(=O)(=O)N(C)c1ccc(C)c(C)c1. The van der Waals surface area contributed by atoms with Crippen LogP contribution in [0.5, 0.6) is 0 Å². The standard InChI is InChI=1S/C15H18N2O3S2/c1-10-5-6-12(9-11(10)2)17(4)22(19,20)13-7-8-21-14(13)15(18)16-3/h5-9H,1-4H3,(H,16,18). The van der Waals surface area contributed by atoms with Gasteiger partial charge < -0.3 is 5.32 Å². The second kappa shape index (κ2) is 6.10. The van der Waals surface area contributed by atoms with E-state index in [0.29, 0.717) is 5.69 Å². The molecular weight excluding hydrogens is 320 g/mol. The third-order valence-electron chi connectivity index (χ3n) is 3.55. The number of nitrogens with one attached hydrogen (secondary N) is 1. The first kappa shape index (κ1) is 16.5. The van der Waals surface area contributed by atoms with Crippen molar-refractivity contribution >= 4 is 33.0 Å². The van der Waals surface area contributed by atoms with Crippen molar-refractivity contribution in [3.63, 3.8) is 0 Å². The number of anilines is 1. The Hall–Kier alpha value is -1.86. The van der Waals surface area contributed by atoms with Crippen molar-refractivity contribution < 1.29 is 13.2 Å². The molecule has 0 radical (unpaired) electrons. The van der Waals surface area contributed by atoms with Crippen molar-refractivity contribution in [2.45, 2.75) is 18.7 Å². The Morgan fingerprint density at radius 2 is 1.86 bits per heavy atom. The van der Waals surface area contributed by atoms with E-state index in [9.17, 15) is 13.2 Å². The smallest absolute Gasteiger partial charge is 0.265 e. The van der Waals surface area contributed by atoms with Gasteiger partial charge in [0.15, 0.2) is 0 Å². The van der Waals surface area contributed by atoms with Crippen LogP contribution in [0.3, 0.4) is 0 Å². The van der Waals surface area contributed by atoms with E-state index < -0.39 is 15.9 Å². The predicted octanol–water partition coefficient (Wildman–Crippen LogP) is 2.55. The first-order valence-electron chi connectivity index (χ1n) is 6.64. The molecule has 1 aromatic heterocycles. The Morgan fingerprint density at radius 1 is 1.18 bits per heavy atom. The Balaban J connectivity index is 2.48. The summed E-state index contributed by atoms with van der Waals surface area (Å²) < 4.78 is 26.8. The summed E-state index contributed by atoms with van der Waals surface area (Å²) in [5.41, 5.74) is 2.67. The van der Waals surface area contributed by atoms with Crippen molar-refractivity contribution in [2.75, 3.05) is 18.4 Å². The van der Waals surface area contributed by atoms with Gasteiger partial charge >= 0.3 is 0 Å². The minimum absolute atomic E-state index is 0.0255. The van der Waals surface area contributed by atoms with Gasteiger partial charge in [0.1, 0.15) is 9.77 Å². The molecule has 1 amide bonds. The molecular formula is C15H18N2O3S2. The van der Waals surface area contributed by atoms with Crippen molar-refractivity contribution in [1.29, 1.82) is 0 Å². The molecule has 2 rings (SSSR count). The monoisotopic (exact) mass is 338 g/mol. The van der Waals surface area contributed by atoms with Gasteiger partial charge in [0.25, 0.3) is 15.9 Å². The maximum absolute atomic E-state index is 12.8. The molecule has 1 aromatic carbocycles. The molecule has 2 aromatic rings. The fourth-order valence-corrected chi connectivity index (χ4v) is 4.52. The molecule has 22 heavy (non-hydrogen) atoms. The number of hydrogen-bond acceptors (Lipinski definition) is 4. The highest BCUT2D eigenvalue weighted by Gasteiger charge is 2.28. The second-order valence-corrected chi connectivity index (χ2v) is 7.79. The van der Waals surface area contributed by atoms with Gasteiger partial charge in [0, 0.05) is 14.1 Å². The molecule has 1 N–H and O–H groups in total. The number of amides is 1. The minimum Gasteiger partial charge on any atom is -0.354 e. The maximum atomic E-state index is 12.8.